The molecule has 0 N–H and O–H groups in total. The zero-order valence-corrected chi connectivity index (χ0v) is 14.4. The minimum absolute atomic E-state index is 0.0148. The molecule has 4 rings (SSSR count). The second-order valence-corrected chi connectivity index (χ2v) is 7.35. The van der Waals surface area contributed by atoms with E-state index in [0.717, 1.165) is 44.5 Å². The van der Waals surface area contributed by atoms with Crippen LogP contribution in [-0.2, 0) is 20.9 Å². The highest BCUT2D eigenvalue weighted by molar-refractivity contribution is 5.75. The molecule has 0 aliphatic carbocycles. The van der Waals surface area contributed by atoms with E-state index in [-0.39, 0.29) is 23.9 Å². The van der Waals surface area contributed by atoms with Gasteiger partial charge in [0.15, 0.2) is 0 Å². The highest BCUT2D eigenvalue weighted by atomic mass is 19.1. The van der Waals surface area contributed by atoms with Gasteiger partial charge < -0.3 is 4.74 Å². The van der Waals surface area contributed by atoms with Gasteiger partial charge in [-0.05, 0) is 37.0 Å². The van der Waals surface area contributed by atoms with Crippen LogP contribution in [-0.4, -0.2) is 54.3 Å². The van der Waals surface area contributed by atoms with Gasteiger partial charge in [0.25, 0.3) is 0 Å². The maximum atomic E-state index is 13.0. The van der Waals surface area contributed by atoms with Gasteiger partial charge in [0.05, 0.1) is 25.2 Å². The first-order valence-electron chi connectivity index (χ1n) is 9.23. The number of halogens is 1. The van der Waals surface area contributed by atoms with Crippen molar-refractivity contribution in [3.05, 3.63) is 35.6 Å². The molecule has 0 saturated carbocycles. The number of carbonyl (C=O) groups excluding carboxylic acids is 1. The summed E-state index contributed by atoms with van der Waals surface area (Å²) in [6.45, 7) is 4.02. The van der Waals surface area contributed by atoms with Gasteiger partial charge in [0, 0.05) is 32.1 Å². The van der Waals surface area contributed by atoms with E-state index in [1.807, 2.05) is 12.1 Å². The summed E-state index contributed by atoms with van der Waals surface area (Å²) in [6, 6.07) is 6.69. The summed E-state index contributed by atoms with van der Waals surface area (Å²) in [4.78, 5) is 20.1. The first-order valence-corrected chi connectivity index (χ1v) is 9.23. The van der Waals surface area contributed by atoms with E-state index in [9.17, 15) is 9.18 Å². The normalized spacial score (nSPS) is 29.8. The molecule has 136 valence electrons. The van der Waals surface area contributed by atoms with Crippen LogP contribution in [0.1, 0.15) is 31.2 Å². The van der Waals surface area contributed by atoms with Crippen LogP contribution in [0.3, 0.4) is 0 Å². The maximum Gasteiger partial charge on any atom is 0.248 e. The Morgan fingerprint density at radius 2 is 2.04 bits per heavy atom. The first-order chi connectivity index (χ1) is 12.2. The second-order valence-electron chi connectivity index (χ2n) is 7.35. The Hall–Kier alpha value is -1.50. The van der Waals surface area contributed by atoms with Crippen LogP contribution in [0.15, 0.2) is 24.3 Å². The molecule has 1 aromatic rings. The van der Waals surface area contributed by atoms with Crippen LogP contribution in [0, 0.1) is 11.7 Å². The number of ether oxygens (including phenoxy) is 1. The van der Waals surface area contributed by atoms with Crippen LogP contribution < -0.4 is 0 Å². The predicted octanol–water partition coefficient (Wildman–Crippen LogP) is 2.36. The van der Waals surface area contributed by atoms with Gasteiger partial charge in [-0.2, -0.15) is 0 Å². The highest BCUT2D eigenvalue weighted by Gasteiger charge is 2.42. The molecule has 3 fully saturated rings. The summed E-state index contributed by atoms with van der Waals surface area (Å²) in [7, 11) is 0. The molecule has 3 saturated heterocycles. The van der Waals surface area contributed by atoms with Crippen molar-refractivity contribution < 1.29 is 18.8 Å². The molecule has 3 aliphatic rings. The summed E-state index contributed by atoms with van der Waals surface area (Å²) in [5.41, 5.74) is 1.12. The van der Waals surface area contributed by atoms with E-state index in [2.05, 4.69) is 4.90 Å². The minimum atomic E-state index is -0.199. The average Bonchev–Trinajstić information content (AvgIpc) is 3.15. The van der Waals surface area contributed by atoms with Gasteiger partial charge in [0.1, 0.15) is 5.82 Å². The Morgan fingerprint density at radius 3 is 2.76 bits per heavy atom. The van der Waals surface area contributed by atoms with E-state index in [4.69, 9.17) is 9.57 Å². The molecule has 0 aromatic heterocycles. The Morgan fingerprint density at radius 1 is 1.20 bits per heavy atom. The van der Waals surface area contributed by atoms with E-state index in [1.54, 1.807) is 0 Å². The number of fused-ring (bicyclic) bond motifs is 1. The van der Waals surface area contributed by atoms with E-state index in [0.29, 0.717) is 25.5 Å². The lowest BCUT2D eigenvalue weighted by Crippen LogP contribution is -2.37. The number of hydroxylamine groups is 2. The SMILES string of the molecule is O=C(C[C@H]1C[C@@H]2CN(Cc3ccc(F)cc3)C[C@H]2O1)N1CCCCO1. The number of nitrogens with zero attached hydrogens (tertiary/aromatic N) is 2. The summed E-state index contributed by atoms with van der Waals surface area (Å²) >= 11 is 0. The molecule has 3 atom stereocenters. The zero-order chi connectivity index (χ0) is 17.2. The molecule has 0 spiro atoms. The smallest absolute Gasteiger partial charge is 0.248 e. The van der Waals surface area contributed by atoms with Crippen LogP contribution in [0.2, 0.25) is 0 Å². The molecule has 3 aliphatic heterocycles. The standard InChI is InChI=1S/C19H25FN2O3/c20-16-5-3-14(4-6-16)11-21-12-15-9-17(25-18(15)13-21)10-19(23)22-7-1-2-8-24-22/h3-6,15,17-18H,1-2,7-13H2/t15-,17-,18-/m1/s1. The number of amides is 1. The molecular formula is C19H25FN2O3. The third-order valence-corrected chi connectivity index (χ3v) is 5.39. The quantitative estimate of drug-likeness (QED) is 0.838. The van der Waals surface area contributed by atoms with Crippen molar-refractivity contribution in [2.45, 2.75) is 44.4 Å². The van der Waals surface area contributed by atoms with Gasteiger partial charge in [-0.3, -0.25) is 14.5 Å². The molecule has 0 unspecified atom stereocenters. The molecule has 3 heterocycles. The van der Waals surface area contributed by atoms with E-state index < -0.39 is 0 Å². The predicted molar refractivity (Wildman–Crippen MR) is 90.0 cm³/mol. The number of benzene rings is 1. The Kier molecular flexibility index (Phi) is 5.01. The van der Waals surface area contributed by atoms with Crippen molar-refractivity contribution in [3.8, 4) is 0 Å². The number of carbonyl (C=O) groups is 1. The van der Waals surface area contributed by atoms with Gasteiger partial charge in [-0.25, -0.2) is 9.45 Å². The summed E-state index contributed by atoms with van der Waals surface area (Å²) < 4.78 is 19.1. The van der Waals surface area contributed by atoms with Crippen molar-refractivity contribution in [3.63, 3.8) is 0 Å². The van der Waals surface area contributed by atoms with E-state index >= 15 is 0 Å². The van der Waals surface area contributed by atoms with Crippen LogP contribution in [0.25, 0.3) is 0 Å². The Balaban J connectivity index is 1.24. The fourth-order valence-electron chi connectivity index (χ4n) is 4.15. The van der Waals surface area contributed by atoms with Crippen molar-refractivity contribution in [2.75, 3.05) is 26.2 Å². The average molecular weight is 348 g/mol. The number of rotatable bonds is 4. The molecule has 0 radical (unpaired) electrons. The monoisotopic (exact) mass is 348 g/mol. The van der Waals surface area contributed by atoms with Crippen molar-refractivity contribution in [1.29, 1.82) is 0 Å². The molecule has 0 bridgehead atoms. The summed E-state index contributed by atoms with van der Waals surface area (Å²) in [6.07, 6.45) is 3.62. The molecular weight excluding hydrogens is 323 g/mol. The number of likely N-dealkylation sites (tertiary alicyclic amines) is 1. The highest BCUT2D eigenvalue weighted by Crippen LogP contribution is 2.35. The lowest BCUT2D eigenvalue weighted by molar-refractivity contribution is -0.199. The second kappa shape index (κ2) is 7.40. The van der Waals surface area contributed by atoms with Crippen molar-refractivity contribution in [1.82, 2.24) is 9.96 Å². The Bertz CT molecular complexity index is 589. The first kappa shape index (κ1) is 16.9. The van der Waals surface area contributed by atoms with Crippen LogP contribution >= 0.6 is 0 Å². The fourth-order valence-corrected chi connectivity index (χ4v) is 4.15. The zero-order valence-electron chi connectivity index (χ0n) is 14.4. The van der Waals surface area contributed by atoms with E-state index in [1.165, 1.54) is 17.2 Å². The van der Waals surface area contributed by atoms with Crippen molar-refractivity contribution >= 4 is 5.91 Å². The minimum Gasteiger partial charge on any atom is -0.373 e. The molecule has 1 amide bonds. The number of hydrogen-bond acceptors (Lipinski definition) is 4. The lowest BCUT2D eigenvalue weighted by atomic mass is 10.0. The van der Waals surface area contributed by atoms with Gasteiger partial charge in [-0.1, -0.05) is 12.1 Å². The third-order valence-electron chi connectivity index (χ3n) is 5.39. The van der Waals surface area contributed by atoms with Gasteiger partial charge in [0.2, 0.25) is 5.91 Å². The molecule has 5 nitrogen and oxygen atoms in total. The Labute approximate surface area is 147 Å². The maximum absolute atomic E-state index is 13.0. The van der Waals surface area contributed by atoms with Crippen LogP contribution in [0.4, 0.5) is 4.39 Å². The fraction of sp³-hybridized carbons (Fsp3) is 0.632. The van der Waals surface area contributed by atoms with Gasteiger partial charge >= 0.3 is 0 Å². The third kappa shape index (κ3) is 4.02. The van der Waals surface area contributed by atoms with Crippen molar-refractivity contribution in [2.24, 2.45) is 5.92 Å². The molecule has 6 heteroatoms. The largest absolute Gasteiger partial charge is 0.373 e. The lowest BCUT2D eigenvalue weighted by Gasteiger charge is -2.27. The molecule has 1 aromatic carbocycles. The molecule has 25 heavy (non-hydrogen) atoms. The summed E-state index contributed by atoms with van der Waals surface area (Å²) in [5.74, 6) is 0.337. The summed E-state index contributed by atoms with van der Waals surface area (Å²) in [5, 5.41) is 1.52. The van der Waals surface area contributed by atoms with Gasteiger partial charge in [-0.15, -0.1) is 0 Å². The number of hydrogen-bond donors (Lipinski definition) is 0. The van der Waals surface area contributed by atoms with Crippen LogP contribution in [0.5, 0.6) is 0 Å². The topological polar surface area (TPSA) is 42.0 Å².